The molecule has 0 aromatic rings. The summed E-state index contributed by atoms with van der Waals surface area (Å²) in [4.78, 5) is 56.6. The van der Waals surface area contributed by atoms with Gasteiger partial charge in [-0.05, 0) is 51.4 Å². The minimum Gasteiger partial charge on any atom is -0.378 e. The summed E-state index contributed by atoms with van der Waals surface area (Å²) >= 11 is 0. The molecule has 3 aliphatic heterocycles. The molecule has 216 valence electrons. The van der Waals surface area contributed by atoms with E-state index in [0.717, 1.165) is 25.7 Å². The fourth-order valence-corrected chi connectivity index (χ4v) is 7.15. The van der Waals surface area contributed by atoms with Crippen LogP contribution in [0.5, 0.6) is 0 Å². The van der Waals surface area contributed by atoms with Gasteiger partial charge in [-0.3, -0.25) is 19.1 Å². The van der Waals surface area contributed by atoms with Crippen LogP contribution in [0, 0.1) is 5.92 Å². The second kappa shape index (κ2) is 11.4. The number of sulfonamides is 1. The molecule has 4 atom stereocenters. The van der Waals surface area contributed by atoms with Gasteiger partial charge in [0, 0.05) is 25.6 Å². The summed E-state index contributed by atoms with van der Waals surface area (Å²) < 4.78 is 32.5. The molecule has 0 aromatic heterocycles. The Morgan fingerprint density at radius 1 is 1.00 bits per heavy atom. The lowest BCUT2D eigenvalue weighted by atomic mass is 10.0. The molecule has 2 aliphatic carbocycles. The predicted molar refractivity (Wildman–Crippen MR) is 141 cm³/mol. The fraction of sp³-hybridized carbons (Fsp3) is 0.769. The average Bonchev–Trinajstić information content (AvgIpc) is 3.83. The third kappa shape index (κ3) is 6.24. The number of ether oxygens (including phenoxy) is 1. The highest BCUT2D eigenvalue weighted by Crippen LogP contribution is 2.46. The van der Waals surface area contributed by atoms with Gasteiger partial charge in [0.05, 0.1) is 18.5 Å². The third-order valence-corrected chi connectivity index (χ3v) is 10.2. The lowest BCUT2D eigenvalue weighted by molar-refractivity contribution is -0.141. The van der Waals surface area contributed by atoms with Crippen LogP contribution in [0.25, 0.3) is 0 Å². The summed E-state index contributed by atoms with van der Waals surface area (Å²) in [6, 6.07) is -1.87. The molecule has 12 nitrogen and oxygen atoms in total. The van der Waals surface area contributed by atoms with Gasteiger partial charge in [-0.15, -0.1) is 0 Å². The molecule has 0 aromatic carbocycles. The van der Waals surface area contributed by atoms with Crippen LogP contribution < -0.4 is 15.4 Å². The van der Waals surface area contributed by atoms with Gasteiger partial charge in [-0.25, -0.2) is 13.2 Å². The van der Waals surface area contributed by atoms with Crippen molar-refractivity contribution in [1.82, 2.24) is 25.2 Å². The maximum Gasteiger partial charge on any atom is 0.318 e. The molecule has 0 bridgehead atoms. The van der Waals surface area contributed by atoms with E-state index in [2.05, 4.69) is 15.4 Å². The lowest BCUT2D eigenvalue weighted by Crippen LogP contribution is -2.59. The highest BCUT2D eigenvalue weighted by atomic mass is 32.2. The number of urea groups is 1. The number of nitrogens with one attached hydrogen (secondary N) is 3. The monoisotopic (exact) mass is 565 g/mol. The number of allylic oxidation sites excluding steroid dienone is 1. The van der Waals surface area contributed by atoms with Crippen molar-refractivity contribution >= 4 is 33.8 Å². The number of hydrogen-bond acceptors (Lipinski definition) is 7. The van der Waals surface area contributed by atoms with Crippen LogP contribution in [-0.4, -0.2) is 97.7 Å². The Kier molecular flexibility index (Phi) is 8.18. The molecule has 5 rings (SSSR count). The number of hydrogen-bond donors (Lipinski definition) is 3. The standard InChI is InChI=1S/C26H39N5O7S/c32-22-21-9-6-12-31(21)23(33)20(27-25(35)30-13-15-38-16-14-30)8-5-3-1-2-4-7-18-17-26(18,28-22)24(34)29-39(36,37)19-10-11-19/h4,7,18-21H,1-3,5-6,8-17H2,(H,27,35)(H,28,32)(H,29,34)/b7-4-/t18-,20+,21+,26-/m1/s1. The zero-order valence-corrected chi connectivity index (χ0v) is 23.0. The molecule has 0 radical (unpaired) electrons. The summed E-state index contributed by atoms with van der Waals surface area (Å²) in [7, 11) is -3.78. The van der Waals surface area contributed by atoms with Crippen LogP contribution in [0.1, 0.15) is 64.2 Å². The Bertz CT molecular complexity index is 1120. The molecular weight excluding hydrogens is 526 g/mol. The van der Waals surface area contributed by atoms with Crippen molar-refractivity contribution in [3.05, 3.63) is 12.2 Å². The van der Waals surface area contributed by atoms with E-state index >= 15 is 0 Å². The fourth-order valence-electron chi connectivity index (χ4n) is 5.78. The van der Waals surface area contributed by atoms with E-state index in [1.54, 1.807) is 4.90 Å². The summed E-state index contributed by atoms with van der Waals surface area (Å²) in [5, 5.41) is 5.20. The van der Waals surface area contributed by atoms with Gasteiger partial charge in [0.1, 0.15) is 17.6 Å². The van der Waals surface area contributed by atoms with Crippen molar-refractivity contribution in [2.45, 2.75) is 87.1 Å². The minimum absolute atomic E-state index is 0.301. The maximum absolute atomic E-state index is 13.7. The number of carbonyl (C=O) groups is 4. The van der Waals surface area contributed by atoms with E-state index in [0.29, 0.717) is 71.4 Å². The van der Waals surface area contributed by atoms with Gasteiger partial charge >= 0.3 is 6.03 Å². The number of nitrogens with zero attached hydrogens (tertiary/aromatic N) is 2. The Labute approximate surface area is 229 Å². The number of amides is 5. The number of rotatable bonds is 4. The van der Waals surface area contributed by atoms with Gasteiger partial charge in [-0.1, -0.05) is 25.0 Å². The summed E-state index contributed by atoms with van der Waals surface area (Å²) in [6.45, 7) is 2.18. The molecule has 5 aliphatic rings. The average molecular weight is 566 g/mol. The third-order valence-electron chi connectivity index (χ3n) is 8.43. The molecule has 5 amide bonds. The molecule has 39 heavy (non-hydrogen) atoms. The Balaban J connectivity index is 1.33. The van der Waals surface area contributed by atoms with E-state index in [1.165, 1.54) is 4.90 Å². The normalized spacial score (nSPS) is 33.1. The van der Waals surface area contributed by atoms with E-state index in [9.17, 15) is 27.6 Å². The zero-order valence-electron chi connectivity index (χ0n) is 22.2. The van der Waals surface area contributed by atoms with Crippen molar-refractivity contribution < 1.29 is 32.3 Å². The summed E-state index contributed by atoms with van der Waals surface area (Å²) in [5.41, 5.74) is -1.35. The predicted octanol–water partition coefficient (Wildman–Crippen LogP) is 0.391. The molecule has 2 saturated carbocycles. The number of fused-ring (bicyclic) bond motifs is 2. The zero-order chi connectivity index (χ0) is 27.6. The first-order valence-corrected chi connectivity index (χ1v) is 15.7. The molecule has 3 N–H and O–H groups in total. The molecule has 4 fully saturated rings. The second-order valence-corrected chi connectivity index (χ2v) is 13.3. The molecule has 13 heteroatoms. The Morgan fingerprint density at radius 3 is 2.51 bits per heavy atom. The largest absolute Gasteiger partial charge is 0.378 e. The Hall–Kier alpha value is -2.67. The summed E-state index contributed by atoms with van der Waals surface area (Å²) in [6.07, 6.45) is 9.97. The lowest BCUT2D eigenvalue weighted by Gasteiger charge is -2.32. The van der Waals surface area contributed by atoms with Crippen LogP contribution in [0.2, 0.25) is 0 Å². The van der Waals surface area contributed by atoms with Crippen LogP contribution in [0.3, 0.4) is 0 Å². The van der Waals surface area contributed by atoms with E-state index < -0.39 is 44.7 Å². The first-order valence-electron chi connectivity index (χ1n) is 14.2. The highest BCUT2D eigenvalue weighted by molar-refractivity contribution is 7.91. The van der Waals surface area contributed by atoms with Crippen molar-refractivity contribution in [1.29, 1.82) is 0 Å². The van der Waals surface area contributed by atoms with Gasteiger partial charge in [0.25, 0.3) is 5.91 Å². The van der Waals surface area contributed by atoms with Crippen LogP contribution in [0.15, 0.2) is 12.2 Å². The van der Waals surface area contributed by atoms with E-state index in [1.807, 2.05) is 12.2 Å². The first kappa shape index (κ1) is 27.9. The van der Waals surface area contributed by atoms with Crippen LogP contribution in [-0.2, 0) is 29.1 Å². The van der Waals surface area contributed by atoms with E-state index in [-0.39, 0.29) is 17.9 Å². The van der Waals surface area contributed by atoms with Gasteiger partial charge in [0.2, 0.25) is 21.8 Å². The maximum atomic E-state index is 13.7. The van der Waals surface area contributed by atoms with Gasteiger partial charge < -0.3 is 25.2 Å². The van der Waals surface area contributed by atoms with Crippen molar-refractivity contribution in [3.63, 3.8) is 0 Å². The van der Waals surface area contributed by atoms with Crippen molar-refractivity contribution in [2.75, 3.05) is 32.8 Å². The van der Waals surface area contributed by atoms with Crippen molar-refractivity contribution in [2.24, 2.45) is 5.92 Å². The van der Waals surface area contributed by atoms with E-state index in [4.69, 9.17) is 4.74 Å². The minimum atomic E-state index is -3.78. The number of morpholine rings is 1. The Morgan fingerprint density at radius 2 is 1.77 bits per heavy atom. The van der Waals surface area contributed by atoms with Gasteiger partial charge in [-0.2, -0.15) is 0 Å². The quantitative estimate of drug-likeness (QED) is 0.417. The van der Waals surface area contributed by atoms with Gasteiger partial charge in [0.15, 0.2) is 0 Å². The molecule has 2 saturated heterocycles. The first-order chi connectivity index (χ1) is 18.7. The SMILES string of the molecule is O=C1N[C@]2(C(=O)NS(=O)(=O)C3CC3)C[C@H]2/C=C\CCCCC[C@H](NC(=O)N2CCOCC2)C(=O)N2CCC[C@@H]12. The molecule has 3 heterocycles. The molecule has 0 unspecified atom stereocenters. The van der Waals surface area contributed by atoms with Crippen LogP contribution in [0.4, 0.5) is 4.79 Å². The summed E-state index contributed by atoms with van der Waals surface area (Å²) in [5.74, 6) is -1.80. The smallest absolute Gasteiger partial charge is 0.318 e. The second-order valence-electron chi connectivity index (χ2n) is 11.3. The molecular formula is C26H39N5O7S. The molecule has 0 spiro atoms. The highest BCUT2D eigenvalue weighted by Gasteiger charge is 2.61. The van der Waals surface area contributed by atoms with Crippen molar-refractivity contribution in [3.8, 4) is 0 Å². The van der Waals surface area contributed by atoms with Crippen LogP contribution >= 0.6 is 0 Å². The topological polar surface area (TPSA) is 154 Å². The number of carbonyl (C=O) groups excluding carboxylic acids is 4.